The lowest BCUT2D eigenvalue weighted by atomic mass is 9.92. The van der Waals surface area contributed by atoms with Gasteiger partial charge in [-0.05, 0) is 23.6 Å². The molecular formula is C24H22N2O7. The number of hydrogen-bond donors (Lipinski definition) is 4. The van der Waals surface area contributed by atoms with Gasteiger partial charge in [0, 0.05) is 34.7 Å². The van der Waals surface area contributed by atoms with Gasteiger partial charge in [0.05, 0.1) is 0 Å². The van der Waals surface area contributed by atoms with Crippen LogP contribution in [0.5, 0.6) is 17.2 Å². The van der Waals surface area contributed by atoms with Crippen LogP contribution in [0.3, 0.4) is 0 Å². The van der Waals surface area contributed by atoms with Crippen molar-refractivity contribution >= 4 is 28.5 Å². The summed E-state index contributed by atoms with van der Waals surface area (Å²) in [4.78, 5) is 24.3. The van der Waals surface area contributed by atoms with E-state index in [2.05, 4.69) is 5.32 Å². The van der Waals surface area contributed by atoms with Crippen LogP contribution < -0.4 is 20.3 Å². The molecule has 4 N–H and O–H groups in total. The fourth-order valence-corrected chi connectivity index (χ4v) is 3.62. The molecule has 9 heteroatoms. The molecule has 3 aromatic carbocycles. The molecule has 1 aliphatic heterocycles. The number of aromatic hydroxyl groups is 1. The maximum Gasteiger partial charge on any atom is 0.412 e. The topological polar surface area (TPSA) is 126 Å². The van der Waals surface area contributed by atoms with Crippen molar-refractivity contribution in [3.63, 3.8) is 0 Å². The lowest BCUT2D eigenvalue weighted by molar-refractivity contribution is -0.124. The second kappa shape index (κ2) is 9.49. The van der Waals surface area contributed by atoms with Crippen LogP contribution in [0.15, 0.2) is 66.7 Å². The highest BCUT2D eigenvalue weighted by atomic mass is 16.7. The zero-order valence-electron chi connectivity index (χ0n) is 17.6. The number of ether oxygens (including phenoxy) is 3. The molecule has 0 aromatic heterocycles. The predicted molar refractivity (Wildman–Crippen MR) is 119 cm³/mol. The monoisotopic (exact) mass is 450 g/mol. The molecule has 0 fully saturated rings. The van der Waals surface area contributed by atoms with E-state index in [1.807, 2.05) is 12.1 Å². The number of fused-ring (bicyclic) bond motifs is 2. The average Bonchev–Trinajstić information content (AvgIpc) is 3.29. The van der Waals surface area contributed by atoms with Crippen molar-refractivity contribution in [3.8, 4) is 17.2 Å². The van der Waals surface area contributed by atoms with Crippen molar-refractivity contribution < 1.29 is 34.1 Å². The summed E-state index contributed by atoms with van der Waals surface area (Å²) in [6.45, 7) is 1.88. The molecule has 170 valence electrons. The molecule has 0 radical (unpaired) electrons. The van der Waals surface area contributed by atoms with E-state index in [1.165, 1.54) is 17.6 Å². The Balaban J connectivity index is 1.63. The van der Waals surface area contributed by atoms with Gasteiger partial charge in [0.2, 0.25) is 6.79 Å². The van der Waals surface area contributed by atoms with Crippen LogP contribution in [0, 0.1) is 5.92 Å². The molecule has 1 heterocycles. The molecule has 1 aliphatic rings. The van der Waals surface area contributed by atoms with Gasteiger partial charge in [0.1, 0.15) is 11.9 Å². The zero-order chi connectivity index (χ0) is 23.4. The van der Waals surface area contributed by atoms with E-state index in [-0.39, 0.29) is 12.5 Å². The molecule has 0 aliphatic carbocycles. The number of carbonyl (C=O) groups excluding carboxylic acids is 2. The zero-order valence-corrected chi connectivity index (χ0v) is 17.6. The number of phenols is 1. The van der Waals surface area contributed by atoms with E-state index in [9.17, 15) is 14.7 Å². The van der Waals surface area contributed by atoms with Gasteiger partial charge in [-0.3, -0.25) is 15.3 Å². The summed E-state index contributed by atoms with van der Waals surface area (Å²) in [5, 5.41) is 23.0. The van der Waals surface area contributed by atoms with E-state index in [0.29, 0.717) is 33.5 Å². The molecule has 9 nitrogen and oxygen atoms in total. The maximum atomic E-state index is 12.8. The number of hydroxylamine groups is 1. The normalized spacial score (nSPS) is 14.1. The molecule has 2 amide bonds. The smallest absolute Gasteiger partial charge is 0.412 e. The summed E-state index contributed by atoms with van der Waals surface area (Å²) >= 11 is 0. The minimum absolute atomic E-state index is 0.0979. The van der Waals surface area contributed by atoms with E-state index >= 15 is 0 Å². The first kappa shape index (κ1) is 22.0. The molecule has 0 unspecified atom stereocenters. The van der Waals surface area contributed by atoms with E-state index < -0.39 is 24.0 Å². The van der Waals surface area contributed by atoms with Crippen LogP contribution in [0.25, 0.3) is 10.8 Å². The van der Waals surface area contributed by atoms with Crippen molar-refractivity contribution in [1.82, 2.24) is 5.48 Å². The summed E-state index contributed by atoms with van der Waals surface area (Å²) in [6.07, 6.45) is 1.14. The van der Waals surface area contributed by atoms with Crippen molar-refractivity contribution in [2.45, 2.75) is 13.0 Å². The van der Waals surface area contributed by atoms with Gasteiger partial charge in [-0.15, -0.1) is 0 Å². The third-order valence-corrected chi connectivity index (χ3v) is 5.23. The van der Waals surface area contributed by atoms with Crippen molar-refractivity contribution in [3.05, 3.63) is 72.3 Å². The second-order valence-corrected chi connectivity index (χ2v) is 7.43. The minimum Gasteiger partial charge on any atom is -0.507 e. The van der Waals surface area contributed by atoms with Crippen LogP contribution in [0.1, 0.15) is 18.6 Å². The fourth-order valence-electron chi connectivity index (χ4n) is 3.62. The summed E-state index contributed by atoms with van der Waals surface area (Å²) in [5.41, 5.74) is 2.63. The Morgan fingerprint density at radius 3 is 2.61 bits per heavy atom. The predicted octanol–water partition coefficient (Wildman–Crippen LogP) is 4.26. The van der Waals surface area contributed by atoms with Gasteiger partial charge >= 0.3 is 6.09 Å². The molecule has 4 rings (SSSR count). The quantitative estimate of drug-likeness (QED) is 0.251. The number of rotatable bonds is 6. The summed E-state index contributed by atoms with van der Waals surface area (Å²) in [5.74, 6) is 0.0305. The molecule has 2 atom stereocenters. The summed E-state index contributed by atoms with van der Waals surface area (Å²) in [6, 6.07) is 15.4. The van der Waals surface area contributed by atoms with E-state index in [1.54, 1.807) is 43.3 Å². The third-order valence-electron chi connectivity index (χ3n) is 5.23. The van der Waals surface area contributed by atoms with Crippen LogP contribution in [0.4, 0.5) is 10.5 Å². The van der Waals surface area contributed by atoms with E-state index in [4.69, 9.17) is 19.4 Å². The number of anilines is 1. The third kappa shape index (κ3) is 4.83. The van der Waals surface area contributed by atoms with Gasteiger partial charge in [0.15, 0.2) is 11.5 Å². The number of carbonyl (C=O) groups is 2. The number of benzene rings is 3. The first-order valence-electron chi connectivity index (χ1n) is 10.2. The van der Waals surface area contributed by atoms with Crippen molar-refractivity contribution in [2.24, 2.45) is 5.92 Å². The Hall–Kier alpha value is -4.24. The van der Waals surface area contributed by atoms with Gasteiger partial charge in [-0.1, -0.05) is 43.3 Å². The number of nitrogens with one attached hydrogen (secondary N) is 2. The number of amides is 2. The Morgan fingerprint density at radius 1 is 1.06 bits per heavy atom. The Kier molecular flexibility index (Phi) is 6.32. The van der Waals surface area contributed by atoms with Gasteiger partial charge in [-0.25, -0.2) is 10.3 Å². The first-order valence-corrected chi connectivity index (χ1v) is 10.2. The standard InChI is InChI=1S/C24H22N2O7/c1-14(6-11-22(28)26-30)23(18-8-9-19(27)17-5-3-2-4-16(17)18)33-24(29)25-15-7-10-20-21(12-15)32-13-31-20/h2-12,14,23,27,30H,13H2,1H3,(H,25,29)(H,26,28)/b11-6+/t14-,23+/m0/s1. The second-order valence-electron chi connectivity index (χ2n) is 7.43. The maximum absolute atomic E-state index is 12.8. The van der Waals surface area contributed by atoms with Crippen LogP contribution in [0.2, 0.25) is 0 Å². The van der Waals surface area contributed by atoms with Crippen molar-refractivity contribution in [2.75, 3.05) is 12.1 Å². The summed E-state index contributed by atoms with van der Waals surface area (Å²) < 4.78 is 16.4. The Bertz CT molecular complexity index is 1220. The van der Waals surface area contributed by atoms with Crippen LogP contribution in [-0.4, -0.2) is 29.1 Å². The van der Waals surface area contributed by atoms with Crippen LogP contribution >= 0.6 is 0 Å². The Morgan fingerprint density at radius 2 is 1.82 bits per heavy atom. The lowest BCUT2D eigenvalue weighted by Gasteiger charge is -2.24. The van der Waals surface area contributed by atoms with E-state index in [0.717, 1.165) is 6.08 Å². The molecule has 0 saturated heterocycles. The molecular weight excluding hydrogens is 428 g/mol. The first-order chi connectivity index (χ1) is 16.0. The average molecular weight is 450 g/mol. The molecule has 0 saturated carbocycles. The van der Waals surface area contributed by atoms with Gasteiger partial charge in [0.25, 0.3) is 5.91 Å². The SMILES string of the molecule is C[C@@H](/C=C/C(=O)NO)[C@@H](OC(=O)Nc1ccc2c(c1)OCO2)c1ccc(O)c2ccccc12. The fraction of sp³-hybridized carbons (Fsp3) is 0.167. The van der Waals surface area contributed by atoms with Gasteiger partial charge in [-0.2, -0.15) is 0 Å². The highest BCUT2D eigenvalue weighted by molar-refractivity contribution is 5.92. The van der Waals surface area contributed by atoms with Gasteiger partial charge < -0.3 is 19.3 Å². The largest absolute Gasteiger partial charge is 0.507 e. The number of phenolic OH excluding ortho intramolecular Hbond substituents is 1. The lowest BCUT2D eigenvalue weighted by Crippen LogP contribution is -2.22. The molecule has 0 bridgehead atoms. The minimum atomic E-state index is -0.813. The number of hydrogen-bond acceptors (Lipinski definition) is 7. The molecule has 33 heavy (non-hydrogen) atoms. The Labute approximate surface area is 189 Å². The highest BCUT2D eigenvalue weighted by Crippen LogP contribution is 2.37. The summed E-state index contributed by atoms with van der Waals surface area (Å²) in [7, 11) is 0. The van der Waals surface area contributed by atoms with Crippen LogP contribution in [-0.2, 0) is 9.53 Å². The van der Waals surface area contributed by atoms with Crippen molar-refractivity contribution in [1.29, 1.82) is 0 Å². The molecule has 3 aromatic rings. The molecule has 0 spiro atoms. The highest BCUT2D eigenvalue weighted by Gasteiger charge is 2.25.